The zero-order valence-corrected chi connectivity index (χ0v) is 26.2. The van der Waals surface area contributed by atoms with Gasteiger partial charge in [0.1, 0.15) is 23.2 Å². The van der Waals surface area contributed by atoms with E-state index in [1.165, 1.54) is 0 Å². The summed E-state index contributed by atoms with van der Waals surface area (Å²) in [6.07, 6.45) is 2.79. The number of hydrogen-bond donors (Lipinski definition) is 1. The summed E-state index contributed by atoms with van der Waals surface area (Å²) in [6.45, 7) is 10.2. The molecule has 238 valence electrons. The lowest BCUT2D eigenvalue weighted by atomic mass is 10.1. The Morgan fingerprint density at radius 2 is 1.57 bits per heavy atom. The Morgan fingerprint density at radius 1 is 0.909 bits per heavy atom. The van der Waals surface area contributed by atoms with Crippen molar-refractivity contribution in [2.75, 3.05) is 50.8 Å². The number of nitrogens with one attached hydrogen (secondary N) is 1. The minimum atomic E-state index is -1.00. The van der Waals surface area contributed by atoms with E-state index in [9.17, 15) is 19.2 Å². The van der Waals surface area contributed by atoms with Gasteiger partial charge in [-0.2, -0.15) is 0 Å². The van der Waals surface area contributed by atoms with Crippen molar-refractivity contribution in [3.05, 3.63) is 42.1 Å². The van der Waals surface area contributed by atoms with Gasteiger partial charge in [0.2, 0.25) is 5.91 Å². The van der Waals surface area contributed by atoms with Crippen LogP contribution in [0.1, 0.15) is 70.3 Å². The van der Waals surface area contributed by atoms with Crippen LogP contribution in [-0.4, -0.2) is 101 Å². The summed E-state index contributed by atoms with van der Waals surface area (Å²) in [4.78, 5) is 66.9. The number of aromatic nitrogens is 2. The van der Waals surface area contributed by atoms with Crippen LogP contribution in [-0.2, 0) is 19.1 Å². The van der Waals surface area contributed by atoms with Crippen LogP contribution in [0.4, 0.5) is 10.6 Å². The molecule has 2 aliphatic rings. The lowest BCUT2D eigenvalue weighted by Gasteiger charge is -2.36. The van der Waals surface area contributed by atoms with E-state index in [1.807, 2.05) is 30.3 Å². The van der Waals surface area contributed by atoms with Gasteiger partial charge in [0.25, 0.3) is 5.91 Å². The molecule has 0 aliphatic carbocycles. The molecule has 44 heavy (non-hydrogen) atoms. The number of piperazine rings is 1. The van der Waals surface area contributed by atoms with Crippen molar-refractivity contribution in [3.63, 3.8) is 0 Å². The molecule has 1 aromatic carbocycles. The molecule has 0 unspecified atom stereocenters. The molecule has 2 aromatic rings. The van der Waals surface area contributed by atoms with E-state index in [0.717, 1.165) is 37.9 Å². The van der Waals surface area contributed by atoms with Crippen molar-refractivity contribution in [1.82, 2.24) is 25.1 Å². The number of hydrogen-bond acceptors (Lipinski definition) is 9. The van der Waals surface area contributed by atoms with Crippen molar-refractivity contribution in [1.29, 1.82) is 0 Å². The summed E-state index contributed by atoms with van der Waals surface area (Å²) in [6, 6.07) is 10.1. The average Bonchev–Trinajstić information content (AvgIpc) is 3.02. The molecule has 2 aliphatic heterocycles. The van der Waals surface area contributed by atoms with Gasteiger partial charge in [-0.1, -0.05) is 30.3 Å². The summed E-state index contributed by atoms with van der Waals surface area (Å²) in [5.74, 6) is -0.243. The maximum absolute atomic E-state index is 13.8. The molecule has 0 bridgehead atoms. The van der Waals surface area contributed by atoms with Gasteiger partial charge in [-0.3, -0.25) is 14.4 Å². The predicted octanol–water partition coefficient (Wildman–Crippen LogP) is 3.65. The number of anilines is 1. The van der Waals surface area contributed by atoms with Crippen LogP contribution in [0.2, 0.25) is 0 Å². The molecule has 4 rings (SSSR count). The Balaban J connectivity index is 1.56. The van der Waals surface area contributed by atoms with Crippen LogP contribution in [0.3, 0.4) is 0 Å². The highest BCUT2D eigenvalue weighted by Crippen LogP contribution is 2.23. The van der Waals surface area contributed by atoms with Crippen molar-refractivity contribution in [2.45, 2.75) is 71.4 Å². The zero-order chi connectivity index (χ0) is 31.7. The zero-order valence-electron chi connectivity index (χ0n) is 26.2. The molecular formula is C32H44N6O6. The van der Waals surface area contributed by atoms with Crippen LogP contribution in [0.5, 0.6) is 0 Å². The van der Waals surface area contributed by atoms with E-state index in [4.69, 9.17) is 14.5 Å². The van der Waals surface area contributed by atoms with E-state index in [2.05, 4.69) is 15.2 Å². The first-order chi connectivity index (χ1) is 21.0. The first kappa shape index (κ1) is 32.7. The van der Waals surface area contributed by atoms with Gasteiger partial charge in [-0.25, -0.2) is 14.8 Å². The third kappa shape index (κ3) is 9.14. The summed E-state index contributed by atoms with van der Waals surface area (Å²) < 4.78 is 10.5. The fourth-order valence-corrected chi connectivity index (χ4v) is 5.24. The Labute approximate surface area is 259 Å². The Morgan fingerprint density at radius 3 is 2.20 bits per heavy atom. The van der Waals surface area contributed by atoms with E-state index in [0.29, 0.717) is 24.7 Å². The quantitative estimate of drug-likeness (QED) is 0.423. The molecule has 0 spiro atoms. The summed E-state index contributed by atoms with van der Waals surface area (Å²) in [5, 5.41) is 2.86. The number of benzene rings is 1. The highest BCUT2D eigenvalue weighted by Gasteiger charge is 2.32. The first-order valence-corrected chi connectivity index (χ1v) is 15.5. The number of carbonyl (C=O) groups is 4. The molecule has 2 fully saturated rings. The predicted molar refractivity (Wildman–Crippen MR) is 165 cm³/mol. The van der Waals surface area contributed by atoms with Gasteiger partial charge >= 0.3 is 12.1 Å². The molecule has 12 nitrogen and oxygen atoms in total. The van der Waals surface area contributed by atoms with Crippen LogP contribution >= 0.6 is 0 Å². The van der Waals surface area contributed by atoms with Crippen LogP contribution in [0.25, 0.3) is 11.4 Å². The number of piperidine rings is 1. The fourth-order valence-electron chi connectivity index (χ4n) is 5.24. The normalized spacial score (nSPS) is 16.2. The van der Waals surface area contributed by atoms with E-state index < -0.39 is 29.6 Å². The molecular weight excluding hydrogens is 564 g/mol. The third-order valence-corrected chi connectivity index (χ3v) is 7.44. The molecule has 12 heteroatoms. The SMILES string of the molecule is CCOC(=O)N1CCN(C(=O)[C@H](CCC(=O)OC(C)(C)C)NC(=O)c2cc(N3CCCCC3)nc(-c3ccccc3)n2)CC1. The van der Waals surface area contributed by atoms with Gasteiger partial charge in [-0.05, 0) is 53.4 Å². The van der Waals surface area contributed by atoms with Gasteiger partial charge in [-0.15, -0.1) is 0 Å². The van der Waals surface area contributed by atoms with E-state index in [1.54, 1.807) is 43.6 Å². The number of esters is 1. The van der Waals surface area contributed by atoms with Crippen LogP contribution in [0, 0.1) is 0 Å². The summed E-state index contributed by atoms with van der Waals surface area (Å²) in [7, 11) is 0. The smallest absolute Gasteiger partial charge is 0.409 e. The monoisotopic (exact) mass is 608 g/mol. The minimum absolute atomic E-state index is 0.0488. The van der Waals surface area contributed by atoms with E-state index in [-0.39, 0.29) is 44.1 Å². The minimum Gasteiger partial charge on any atom is -0.460 e. The fraction of sp³-hybridized carbons (Fsp3) is 0.562. The van der Waals surface area contributed by atoms with Gasteiger partial charge in [0.15, 0.2) is 5.82 Å². The molecule has 3 heterocycles. The summed E-state index contributed by atoms with van der Waals surface area (Å²) >= 11 is 0. The Bertz CT molecular complexity index is 1300. The lowest BCUT2D eigenvalue weighted by molar-refractivity contribution is -0.155. The van der Waals surface area contributed by atoms with Gasteiger partial charge < -0.3 is 29.5 Å². The molecule has 0 radical (unpaired) electrons. The molecule has 1 N–H and O–H groups in total. The number of rotatable bonds is 9. The van der Waals surface area contributed by atoms with Gasteiger partial charge in [0, 0.05) is 57.3 Å². The average molecular weight is 609 g/mol. The number of carbonyl (C=O) groups excluding carboxylic acids is 4. The maximum Gasteiger partial charge on any atom is 0.409 e. The topological polar surface area (TPSA) is 134 Å². The second kappa shape index (κ2) is 15.0. The lowest BCUT2D eigenvalue weighted by Crippen LogP contribution is -2.56. The van der Waals surface area contributed by atoms with Crippen molar-refractivity contribution < 1.29 is 28.7 Å². The van der Waals surface area contributed by atoms with Crippen molar-refractivity contribution in [2.24, 2.45) is 0 Å². The third-order valence-electron chi connectivity index (χ3n) is 7.44. The van der Waals surface area contributed by atoms with Crippen LogP contribution < -0.4 is 10.2 Å². The highest BCUT2D eigenvalue weighted by atomic mass is 16.6. The first-order valence-electron chi connectivity index (χ1n) is 15.5. The summed E-state index contributed by atoms with van der Waals surface area (Å²) in [5.41, 5.74) is 0.238. The van der Waals surface area contributed by atoms with E-state index >= 15 is 0 Å². The maximum atomic E-state index is 13.8. The molecule has 1 aromatic heterocycles. The molecule has 0 saturated carbocycles. The van der Waals surface area contributed by atoms with Crippen LogP contribution in [0.15, 0.2) is 36.4 Å². The van der Waals surface area contributed by atoms with Crippen molar-refractivity contribution in [3.8, 4) is 11.4 Å². The Kier molecular flexibility index (Phi) is 11.1. The highest BCUT2D eigenvalue weighted by molar-refractivity contribution is 5.97. The second-order valence-corrected chi connectivity index (χ2v) is 12.0. The second-order valence-electron chi connectivity index (χ2n) is 12.0. The van der Waals surface area contributed by atoms with Gasteiger partial charge in [0.05, 0.1) is 6.61 Å². The standard InChI is InChI=1S/C32H44N6O6/c1-5-43-31(42)38-20-18-37(19-21-38)30(41)24(14-15-27(39)44-32(2,3)4)34-29(40)25-22-26(36-16-10-7-11-17-36)35-28(33-25)23-12-8-6-9-13-23/h6,8-9,12-13,22,24H,5,7,10-11,14-21H2,1-4H3,(H,34,40)/t24-/m0/s1. The molecule has 2 saturated heterocycles. The number of ether oxygens (including phenoxy) is 2. The number of nitrogens with zero attached hydrogens (tertiary/aromatic N) is 5. The molecule has 3 amide bonds. The molecule has 1 atom stereocenters. The largest absolute Gasteiger partial charge is 0.460 e. The number of amides is 3. The Hall–Kier alpha value is -4.22. The van der Waals surface area contributed by atoms with Crippen molar-refractivity contribution >= 4 is 29.7 Å².